The molecule has 0 spiro atoms. The van der Waals surface area contributed by atoms with E-state index in [1.807, 2.05) is 13.8 Å². The van der Waals surface area contributed by atoms with Crippen LogP contribution in [0.3, 0.4) is 0 Å². The molecule has 2 heterocycles. The van der Waals surface area contributed by atoms with Crippen LogP contribution in [0.1, 0.15) is 34.1 Å². The fourth-order valence-corrected chi connectivity index (χ4v) is 4.97. The molecule has 0 saturated carbocycles. The standard InChI is InChI=1S/C19H39N5O3S/c1-5-20-19(21-15-18-7-8-22(6-2)16-18)23-9-11-24(12-10-23)28(25,26)14-13-27-17(3)4/h17-18H,5-16H2,1-4H3,(H,20,21). The second kappa shape index (κ2) is 11.3. The zero-order chi connectivity index (χ0) is 20.6. The fraction of sp³-hybridized carbons (Fsp3) is 0.947. The SMILES string of the molecule is CCNC(=NCC1CCN(CC)C1)N1CCN(S(=O)(=O)CCOC(C)C)CC1. The minimum Gasteiger partial charge on any atom is -0.378 e. The zero-order valence-corrected chi connectivity index (χ0v) is 18.9. The number of likely N-dealkylation sites (tertiary alicyclic amines) is 1. The highest BCUT2D eigenvalue weighted by Gasteiger charge is 2.28. The van der Waals surface area contributed by atoms with Gasteiger partial charge in [0, 0.05) is 45.8 Å². The Kier molecular flexibility index (Phi) is 9.46. The maximum atomic E-state index is 12.5. The number of nitrogens with one attached hydrogen (secondary N) is 1. The third kappa shape index (κ3) is 7.17. The summed E-state index contributed by atoms with van der Waals surface area (Å²) in [5, 5.41) is 3.38. The van der Waals surface area contributed by atoms with Gasteiger partial charge in [0.25, 0.3) is 0 Å². The molecule has 1 unspecified atom stereocenters. The third-order valence-corrected chi connectivity index (χ3v) is 7.21. The van der Waals surface area contributed by atoms with Crippen molar-refractivity contribution in [1.82, 2.24) is 19.4 Å². The van der Waals surface area contributed by atoms with E-state index in [9.17, 15) is 8.42 Å². The van der Waals surface area contributed by atoms with Crippen molar-refractivity contribution in [1.29, 1.82) is 0 Å². The Hall–Kier alpha value is -0.900. The van der Waals surface area contributed by atoms with Gasteiger partial charge in [0.05, 0.1) is 18.5 Å². The van der Waals surface area contributed by atoms with E-state index in [4.69, 9.17) is 9.73 Å². The van der Waals surface area contributed by atoms with Crippen LogP contribution >= 0.6 is 0 Å². The van der Waals surface area contributed by atoms with Gasteiger partial charge in [-0.15, -0.1) is 0 Å². The fourth-order valence-electron chi connectivity index (χ4n) is 3.69. The predicted molar refractivity (Wildman–Crippen MR) is 114 cm³/mol. The van der Waals surface area contributed by atoms with Gasteiger partial charge in [-0.1, -0.05) is 6.92 Å². The number of ether oxygens (including phenoxy) is 1. The van der Waals surface area contributed by atoms with Gasteiger partial charge in [-0.05, 0) is 46.2 Å². The first-order valence-electron chi connectivity index (χ1n) is 10.7. The van der Waals surface area contributed by atoms with E-state index in [1.165, 1.54) is 13.0 Å². The lowest BCUT2D eigenvalue weighted by Crippen LogP contribution is -2.54. The lowest BCUT2D eigenvalue weighted by Gasteiger charge is -2.36. The summed E-state index contributed by atoms with van der Waals surface area (Å²) >= 11 is 0. The van der Waals surface area contributed by atoms with Crippen LogP contribution in [0.2, 0.25) is 0 Å². The quantitative estimate of drug-likeness (QED) is 0.439. The summed E-state index contributed by atoms with van der Waals surface area (Å²) in [6.45, 7) is 15.8. The summed E-state index contributed by atoms with van der Waals surface area (Å²) in [5.74, 6) is 1.59. The Morgan fingerprint density at radius 3 is 2.46 bits per heavy atom. The van der Waals surface area contributed by atoms with Gasteiger partial charge in [0.2, 0.25) is 10.0 Å². The highest BCUT2D eigenvalue weighted by Crippen LogP contribution is 2.16. The van der Waals surface area contributed by atoms with Gasteiger partial charge in [-0.3, -0.25) is 4.99 Å². The molecule has 1 atom stereocenters. The van der Waals surface area contributed by atoms with Crippen LogP contribution in [0.5, 0.6) is 0 Å². The lowest BCUT2D eigenvalue weighted by molar-refractivity contribution is 0.0904. The average Bonchev–Trinajstić information content (AvgIpc) is 3.13. The summed E-state index contributed by atoms with van der Waals surface area (Å²) in [6, 6.07) is 0. The van der Waals surface area contributed by atoms with Crippen molar-refractivity contribution in [2.24, 2.45) is 10.9 Å². The molecule has 28 heavy (non-hydrogen) atoms. The van der Waals surface area contributed by atoms with E-state index in [0.717, 1.165) is 32.1 Å². The van der Waals surface area contributed by atoms with Gasteiger partial charge in [0.15, 0.2) is 5.96 Å². The first-order chi connectivity index (χ1) is 13.4. The largest absolute Gasteiger partial charge is 0.378 e. The smallest absolute Gasteiger partial charge is 0.216 e. The Balaban J connectivity index is 1.85. The first-order valence-corrected chi connectivity index (χ1v) is 12.3. The number of nitrogens with zero attached hydrogens (tertiary/aromatic N) is 4. The molecular weight excluding hydrogens is 378 g/mol. The summed E-state index contributed by atoms with van der Waals surface area (Å²) in [5.41, 5.74) is 0. The van der Waals surface area contributed by atoms with Crippen molar-refractivity contribution in [2.45, 2.75) is 40.2 Å². The van der Waals surface area contributed by atoms with E-state index in [2.05, 4.69) is 29.0 Å². The second-order valence-corrected chi connectivity index (χ2v) is 9.95. The summed E-state index contributed by atoms with van der Waals surface area (Å²) < 4.78 is 32.0. The molecule has 2 fully saturated rings. The van der Waals surface area contributed by atoms with Gasteiger partial charge >= 0.3 is 0 Å². The number of hydrogen-bond donors (Lipinski definition) is 1. The predicted octanol–water partition coefficient (Wildman–Crippen LogP) is 0.666. The monoisotopic (exact) mass is 417 g/mol. The highest BCUT2D eigenvalue weighted by atomic mass is 32.2. The number of aliphatic imine (C=N–C) groups is 1. The van der Waals surface area contributed by atoms with Crippen molar-refractivity contribution in [3.05, 3.63) is 0 Å². The molecule has 8 nitrogen and oxygen atoms in total. The summed E-state index contributed by atoms with van der Waals surface area (Å²) in [7, 11) is -3.26. The molecule has 2 aliphatic heterocycles. The molecule has 0 aromatic heterocycles. The van der Waals surface area contributed by atoms with Gasteiger partial charge < -0.3 is 19.9 Å². The summed E-state index contributed by atoms with van der Waals surface area (Å²) in [6.07, 6.45) is 1.26. The molecule has 9 heteroatoms. The van der Waals surface area contributed by atoms with E-state index in [1.54, 1.807) is 4.31 Å². The third-order valence-electron chi connectivity index (χ3n) is 5.38. The van der Waals surface area contributed by atoms with Crippen LogP contribution in [0.15, 0.2) is 4.99 Å². The molecule has 164 valence electrons. The van der Waals surface area contributed by atoms with Crippen LogP contribution in [0, 0.1) is 5.92 Å². The zero-order valence-electron chi connectivity index (χ0n) is 18.1. The number of sulfonamides is 1. The van der Waals surface area contributed by atoms with Crippen molar-refractivity contribution < 1.29 is 13.2 Å². The molecule has 2 saturated heterocycles. The van der Waals surface area contributed by atoms with Crippen LogP contribution < -0.4 is 5.32 Å². The number of guanidine groups is 1. The normalized spacial score (nSPS) is 23.0. The van der Waals surface area contributed by atoms with Gasteiger partial charge in [-0.2, -0.15) is 4.31 Å². The molecule has 2 rings (SSSR count). The van der Waals surface area contributed by atoms with E-state index in [-0.39, 0.29) is 18.5 Å². The average molecular weight is 418 g/mol. The second-order valence-electron chi connectivity index (χ2n) is 7.86. The topological polar surface area (TPSA) is 77.5 Å². The van der Waals surface area contributed by atoms with Crippen LogP contribution in [0.4, 0.5) is 0 Å². The van der Waals surface area contributed by atoms with E-state index < -0.39 is 10.0 Å². The Morgan fingerprint density at radius 2 is 1.89 bits per heavy atom. The van der Waals surface area contributed by atoms with Crippen molar-refractivity contribution in [3.63, 3.8) is 0 Å². The van der Waals surface area contributed by atoms with Crippen molar-refractivity contribution in [2.75, 3.05) is 71.3 Å². The van der Waals surface area contributed by atoms with Crippen LogP contribution in [0.25, 0.3) is 0 Å². The molecule has 0 aromatic rings. The summed E-state index contributed by atoms with van der Waals surface area (Å²) in [4.78, 5) is 9.52. The molecule has 0 aromatic carbocycles. The minimum atomic E-state index is -3.26. The van der Waals surface area contributed by atoms with Gasteiger partial charge in [0.1, 0.15) is 0 Å². The van der Waals surface area contributed by atoms with Gasteiger partial charge in [-0.25, -0.2) is 8.42 Å². The van der Waals surface area contributed by atoms with E-state index >= 15 is 0 Å². The molecule has 0 aliphatic carbocycles. The molecule has 0 radical (unpaired) electrons. The molecular formula is C19H39N5O3S. The maximum Gasteiger partial charge on any atom is 0.216 e. The highest BCUT2D eigenvalue weighted by molar-refractivity contribution is 7.89. The lowest BCUT2D eigenvalue weighted by atomic mass is 10.1. The molecule has 1 N–H and O–H groups in total. The molecule has 2 aliphatic rings. The van der Waals surface area contributed by atoms with Crippen molar-refractivity contribution >= 4 is 16.0 Å². The minimum absolute atomic E-state index is 0.0505. The number of piperazine rings is 1. The van der Waals surface area contributed by atoms with Crippen molar-refractivity contribution in [3.8, 4) is 0 Å². The van der Waals surface area contributed by atoms with E-state index in [0.29, 0.717) is 32.1 Å². The van der Waals surface area contributed by atoms with Crippen LogP contribution in [-0.4, -0.2) is 106 Å². The molecule has 0 bridgehead atoms. The first kappa shape index (κ1) is 23.4. The molecule has 0 amide bonds. The Labute approximate surface area is 171 Å². The number of hydrogen-bond acceptors (Lipinski definition) is 5. The van der Waals surface area contributed by atoms with Crippen LogP contribution in [-0.2, 0) is 14.8 Å². The maximum absolute atomic E-state index is 12.5. The Bertz CT molecular complexity index is 588. The Morgan fingerprint density at radius 1 is 1.18 bits per heavy atom. The number of rotatable bonds is 9.